The molecule has 0 N–H and O–H groups in total. The number of hydrogen-bond donors (Lipinski definition) is 0. The van der Waals surface area contributed by atoms with Crippen LogP contribution in [0.3, 0.4) is 0 Å². The predicted octanol–water partition coefficient (Wildman–Crippen LogP) is 2.19. The zero-order valence-corrected chi connectivity index (χ0v) is 14.6. The van der Waals surface area contributed by atoms with E-state index in [-0.39, 0.29) is 5.91 Å². The largest absolute Gasteiger partial charge is 0.497 e. The topological polar surface area (TPSA) is 50.6 Å². The number of aromatic nitrogens is 2. The van der Waals surface area contributed by atoms with Gasteiger partial charge in [-0.2, -0.15) is 5.10 Å². The summed E-state index contributed by atoms with van der Waals surface area (Å²) in [5, 5.41) is 4.49. The van der Waals surface area contributed by atoms with Gasteiger partial charge in [-0.25, -0.2) is 4.68 Å². The highest BCUT2D eigenvalue weighted by Gasteiger charge is 2.31. The summed E-state index contributed by atoms with van der Waals surface area (Å²) in [5.41, 5.74) is 1.43. The molecule has 3 heterocycles. The van der Waals surface area contributed by atoms with Crippen molar-refractivity contribution in [3.05, 3.63) is 42.2 Å². The Kier molecular flexibility index (Phi) is 4.44. The van der Waals surface area contributed by atoms with Crippen LogP contribution in [0.5, 0.6) is 5.75 Å². The minimum absolute atomic E-state index is 0.0393. The van der Waals surface area contributed by atoms with Crippen molar-refractivity contribution >= 4 is 5.91 Å². The molecule has 0 aliphatic carbocycles. The van der Waals surface area contributed by atoms with Gasteiger partial charge in [0.25, 0.3) is 5.91 Å². The Morgan fingerprint density at radius 1 is 1.12 bits per heavy atom. The van der Waals surface area contributed by atoms with Gasteiger partial charge in [0, 0.05) is 31.9 Å². The average Bonchev–Trinajstić information content (AvgIpc) is 3.17. The van der Waals surface area contributed by atoms with Crippen molar-refractivity contribution in [2.45, 2.75) is 25.3 Å². The van der Waals surface area contributed by atoms with Crippen molar-refractivity contribution in [2.75, 3.05) is 33.3 Å². The molecule has 2 saturated heterocycles. The van der Waals surface area contributed by atoms with Gasteiger partial charge in [0.2, 0.25) is 0 Å². The Labute approximate surface area is 148 Å². The number of amides is 1. The lowest BCUT2D eigenvalue weighted by molar-refractivity contribution is 0.0368. The molecular weight excluding hydrogens is 316 g/mol. The molecule has 1 amide bonds. The quantitative estimate of drug-likeness (QED) is 0.859. The third-order valence-electron chi connectivity index (χ3n) is 5.27. The summed E-state index contributed by atoms with van der Waals surface area (Å²) in [6.45, 7) is 3.79. The van der Waals surface area contributed by atoms with E-state index in [1.807, 2.05) is 35.4 Å². The number of carbonyl (C=O) groups excluding carboxylic acids is 1. The van der Waals surface area contributed by atoms with Gasteiger partial charge < -0.3 is 9.64 Å². The molecule has 0 spiro atoms. The van der Waals surface area contributed by atoms with Crippen LogP contribution in [-0.4, -0.2) is 64.8 Å². The smallest absolute Gasteiger partial charge is 0.274 e. The Balaban J connectivity index is 1.46. The van der Waals surface area contributed by atoms with Gasteiger partial charge in [-0.05, 0) is 49.7 Å². The standard InChI is InChI=1S/C19H24N4O2/c1-25-17-7-5-15(6-8-17)23-11-9-18(20-23)19(24)22-13-12-21-10-3-2-4-16(21)14-22/h5-9,11,16H,2-4,10,12-14H2,1H3/t16-/m0/s1. The van der Waals surface area contributed by atoms with Gasteiger partial charge in [-0.15, -0.1) is 0 Å². The fraction of sp³-hybridized carbons (Fsp3) is 0.474. The molecule has 2 aromatic rings. The van der Waals surface area contributed by atoms with Crippen LogP contribution in [0, 0.1) is 0 Å². The molecule has 0 bridgehead atoms. The van der Waals surface area contributed by atoms with Gasteiger partial charge >= 0.3 is 0 Å². The van der Waals surface area contributed by atoms with Crippen molar-refractivity contribution in [3.8, 4) is 11.4 Å². The van der Waals surface area contributed by atoms with Crippen molar-refractivity contribution in [1.29, 1.82) is 0 Å². The van der Waals surface area contributed by atoms with Crippen LogP contribution in [0.4, 0.5) is 0 Å². The van der Waals surface area contributed by atoms with E-state index in [2.05, 4.69) is 10.00 Å². The fourth-order valence-corrected chi connectivity index (χ4v) is 3.82. The zero-order valence-electron chi connectivity index (χ0n) is 14.6. The summed E-state index contributed by atoms with van der Waals surface area (Å²) >= 11 is 0. The molecule has 2 aliphatic rings. The lowest BCUT2D eigenvalue weighted by Gasteiger charge is -2.43. The van der Waals surface area contributed by atoms with Crippen LogP contribution < -0.4 is 4.74 Å². The maximum absolute atomic E-state index is 12.8. The number of rotatable bonds is 3. The summed E-state index contributed by atoms with van der Waals surface area (Å²) in [7, 11) is 1.64. The van der Waals surface area contributed by atoms with Crippen molar-refractivity contribution in [1.82, 2.24) is 19.6 Å². The SMILES string of the molecule is COc1ccc(-n2ccc(C(=O)N3CCN4CCCC[C@H]4C3)n2)cc1. The molecule has 0 unspecified atom stereocenters. The molecule has 2 fully saturated rings. The van der Waals surface area contributed by atoms with E-state index >= 15 is 0 Å². The van der Waals surface area contributed by atoms with Gasteiger partial charge in [0.1, 0.15) is 5.75 Å². The third-order valence-corrected chi connectivity index (χ3v) is 5.27. The predicted molar refractivity (Wildman–Crippen MR) is 95.2 cm³/mol. The number of benzene rings is 1. The molecule has 0 radical (unpaired) electrons. The number of piperazine rings is 1. The minimum Gasteiger partial charge on any atom is -0.497 e. The number of ether oxygens (including phenoxy) is 1. The van der Waals surface area contributed by atoms with Crippen molar-refractivity contribution < 1.29 is 9.53 Å². The van der Waals surface area contributed by atoms with E-state index in [9.17, 15) is 4.79 Å². The molecule has 2 aliphatic heterocycles. The summed E-state index contributed by atoms with van der Waals surface area (Å²) in [5.74, 6) is 0.843. The maximum Gasteiger partial charge on any atom is 0.274 e. The minimum atomic E-state index is 0.0393. The highest BCUT2D eigenvalue weighted by Crippen LogP contribution is 2.22. The number of piperidine rings is 1. The molecule has 0 saturated carbocycles. The second-order valence-corrected chi connectivity index (χ2v) is 6.78. The Hall–Kier alpha value is -2.34. The normalized spacial score (nSPS) is 21.0. The van der Waals surface area contributed by atoms with Crippen LogP contribution in [0.1, 0.15) is 29.8 Å². The second kappa shape index (κ2) is 6.88. The van der Waals surface area contributed by atoms with E-state index in [0.29, 0.717) is 11.7 Å². The highest BCUT2D eigenvalue weighted by atomic mass is 16.5. The highest BCUT2D eigenvalue weighted by molar-refractivity contribution is 5.92. The van der Waals surface area contributed by atoms with Gasteiger partial charge in [-0.1, -0.05) is 6.42 Å². The van der Waals surface area contributed by atoms with Gasteiger partial charge in [0.15, 0.2) is 5.69 Å². The first-order valence-electron chi connectivity index (χ1n) is 8.98. The number of nitrogens with zero attached hydrogens (tertiary/aromatic N) is 4. The molecule has 4 rings (SSSR count). The summed E-state index contributed by atoms with van der Waals surface area (Å²) < 4.78 is 6.92. The molecule has 132 valence electrons. The van der Waals surface area contributed by atoms with Gasteiger partial charge in [-0.3, -0.25) is 9.69 Å². The second-order valence-electron chi connectivity index (χ2n) is 6.78. The number of methoxy groups -OCH3 is 1. The van der Waals surface area contributed by atoms with Crippen LogP contribution in [0.2, 0.25) is 0 Å². The lowest BCUT2D eigenvalue weighted by atomic mass is 9.99. The van der Waals surface area contributed by atoms with E-state index in [1.165, 1.54) is 25.8 Å². The Bertz CT molecular complexity index is 740. The van der Waals surface area contributed by atoms with Crippen LogP contribution >= 0.6 is 0 Å². The maximum atomic E-state index is 12.8. The Morgan fingerprint density at radius 3 is 2.76 bits per heavy atom. The first kappa shape index (κ1) is 16.1. The summed E-state index contributed by atoms with van der Waals surface area (Å²) in [4.78, 5) is 17.3. The first-order valence-corrected chi connectivity index (χ1v) is 8.98. The van der Waals surface area contributed by atoms with Crippen LogP contribution in [-0.2, 0) is 0 Å². The Morgan fingerprint density at radius 2 is 1.96 bits per heavy atom. The molecular formula is C19H24N4O2. The number of hydrogen-bond acceptors (Lipinski definition) is 4. The summed E-state index contributed by atoms with van der Waals surface area (Å²) in [6, 6.07) is 9.97. The number of fused-ring (bicyclic) bond motifs is 1. The van der Waals surface area contributed by atoms with Gasteiger partial charge in [0.05, 0.1) is 12.8 Å². The summed E-state index contributed by atoms with van der Waals surface area (Å²) in [6.07, 6.45) is 5.60. The van der Waals surface area contributed by atoms with E-state index in [0.717, 1.165) is 31.1 Å². The van der Waals surface area contributed by atoms with Crippen LogP contribution in [0.15, 0.2) is 36.5 Å². The first-order chi connectivity index (χ1) is 12.2. The average molecular weight is 340 g/mol. The molecule has 1 aromatic carbocycles. The monoisotopic (exact) mass is 340 g/mol. The van der Waals surface area contributed by atoms with E-state index in [1.54, 1.807) is 17.9 Å². The van der Waals surface area contributed by atoms with E-state index < -0.39 is 0 Å². The number of carbonyl (C=O) groups is 1. The zero-order chi connectivity index (χ0) is 17.2. The molecule has 1 aromatic heterocycles. The van der Waals surface area contributed by atoms with E-state index in [4.69, 9.17) is 4.74 Å². The third kappa shape index (κ3) is 3.26. The van der Waals surface area contributed by atoms with Crippen molar-refractivity contribution in [3.63, 3.8) is 0 Å². The molecule has 6 nitrogen and oxygen atoms in total. The molecule has 6 heteroatoms. The van der Waals surface area contributed by atoms with Crippen molar-refractivity contribution in [2.24, 2.45) is 0 Å². The lowest BCUT2D eigenvalue weighted by Crippen LogP contribution is -2.56. The molecule has 25 heavy (non-hydrogen) atoms. The van der Waals surface area contributed by atoms with Crippen LogP contribution in [0.25, 0.3) is 5.69 Å². The molecule has 1 atom stereocenters. The fourth-order valence-electron chi connectivity index (χ4n) is 3.82.